The van der Waals surface area contributed by atoms with Crippen LogP contribution in [0.3, 0.4) is 0 Å². The summed E-state index contributed by atoms with van der Waals surface area (Å²) in [7, 11) is 1.18. The molecule has 0 aliphatic heterocycles. The van der Waals surface area contributed by atoms with Crippen molar-refractivity contribution >= 4 is 17.6 Å². The minimum Gasteiger partial charge on any atom is -0.462 e. The normalized spacial score (nSPS) is 9.94. The summed E-state index contributed by atoms with van der Waals surface area (Å²) in [6, 6.07) is 2.05. The van der Waals surface area contributed by atoms with Gasteiger partial charge in [0.15, 0.2) is 0 Å². The molecule has 1 amide bonds. The summed E-state index contributed by atoms with van der Waals surface area (Å²) in [5, 5.41) is 2.60. The Balaban J connectivity index is 3.15. The van der Waals surface area contributed by atoms with Gasteiger partial charge in [0.1, 0.15) is 0 Å². The summed E-state index contributed by atoms with van der Waals surface area (Å²) in [5.74, 6) is -1.63. The number of carbonyl (C=O) groups excluding carboxylic acids is 2. The molecule has 0 saturated heterocycles. The van der Waals surface area contributed by atoms with Crippen LogP contribution in [-0.2, 0) is 14.3 Å². The first-order valence-electron chi connectivity index (χ1n) is 5.35. The molecule has 1 N–H and O–H groups in total. The predicted octanol–water partition coefficient (Wildman–Crippen LogP) is 2.03. The van der Waals surface area contributed by atoms with Gasteiger partial charge >= 0.3 is 11.9 Å². The van der Waals surface area contributed by atoms with Crippen LogP contribution in [0.1, 0.15) is 22.3 Å². The molecule has 0 aliphatic carbocycles. The average molecular weight is 235 g/mol. The van der Waals surface area contributed by atoms with Crippen LogP contribution < -0.4 is 5.32 Å². The highest BCUT2D eigenvalue weighted by Gasteiger charge is 2.17. The minimum absolute atomic E-state index is 0.693. The van der Waals surface area contributed by atoms with Crippen LogP contribution in [0.2, 0.25) is 0 Å². The van der Waals surface area contributed by atoms with Crippen molar-refractivity contribution in [2.45, 2.75) is 27.7 Å². The van der Waals surface area contributed by atoms with Crippen LogP contribution in [0.15, 0.2) is 6.07 Å². The number of anilines is 1. The molecule has 4 nitrogen and oxygen atoms in total. The Morgan fingerprint density at radius 3 is 1.94 bits per heavy atom. The van der Waals surface area contributed by atoms with Gasteiger partial charge in [-0.25, -0.2) is 4.79 Å². The lowest BCUT2D eigenvalue weighted by Gasteiger charge is -2.15. The van der Waals surface area contributed by atoms with E-state index in [1.165, 1.54) is 7.11 Å². The second kappa shape index (κ2) is 4.99. The highest BCUT2D eigenvalue weighted by Crippen LogP contribution is 2.26. The maximum Gasteiger partial charge on any atom is 0.396 e. The Morgan fingerprint density at radius 1 is 1.06 bits per heavy atom. The van der Waals surface area contributed by atoms with E-state index >= 15 is 0 Å². The van der Waals surface area contributed by atoms with Crippen LogP contribution in [0.5, 0.6) is 0 Å². The second-order valence-corrected chi connectivity index (χ2v) is 4.08. The minimum atomic E-state index is -0.886. The molecule has 0 saturated carbocycles. The van der Waals surface area contributed by atoms with E-state index in [2.05, 4.69) is 16.1 Å². The van der Waals surface area contributed by atoms with Crippen LogP contribution >= 0.6 is 0 Å². The van der Waals surface area contributed by atoms with Gasteiger partial charge in [-0.2, -0.15) is 0 Å². The Hall–Kier alpha value is -1.84. The third-order valence-electron chi connectivity index (χ3n) is 2.98. The molecule has 0 aromatic heterocycles. The maximum atomic E-state index is 11.5. The quantitative estimate of drug-likeness (QED) is 0.598. The summed E-state index contributed by atoms with van der Waals surface area (Å²) in [4.78, 5) is 22.6. The predicted molar refractivity (Wildman–Crippen MR) is 66.0 cm³/mol. The summed E-state index contributed by atoms with van der Waals surface area (Å²) >= 11 is 0. The number of benzene rings is 1. The second-order valence-electron chi connectivity index (χ2n) is 4.08. The number of ether oxygens (including phenoxy) is 1. The van der Waals surface area contributed by atoms with Gasteiger partial charge in [-0.15, -0.1) is 0 Å². The largest absolute Gasteiger partial charge is 0.462 e. The third-order valence-corrected chi connectivity index (χ3v) is 2.98. The molecule has 0 radical (unpaired) electrons. The molecule has 17 heavy (non-hydrogen) atoms. The number of methoxy groups -OCH3 is 1. The Labute approximate surface area is 101 Å². The smallest absolute Gasteiger partial charge is 0.396 e. The number of aryl methyl sites for hydroxylation is 2. The molecule has 1 aromatic carbocycles. The van der Waals surface area contributed by atoms with E-state index < -0.39 is 11.9 Å². The third kappa shape index (κ3) is 2.64. The Kier molecular flexibility index (Phi) is 3.89. The molecule has 0 fully saturated rings. The lowest BCUT2D eigenvalue weighted by Crippen LogP contribution is -2.25. The molecule has 0 spiro atoms. The van der Waals surface area contributed by atoms with Crippen molar-refractivity contribution in [2.75, 3.05) is 12.4 Å². The van der Waals surface area contributed by atoms with E-state index in [1.807, 2.05) is 27.7 Å². The molecule has 0 heterocycles. The van der Waals surface area contributed by atoms with Crippen molar-refractivity contribution in [1.82, 2.24) is 0 Å². The van der Waals surface area contributed by atoms with E-state index in [4.69, 9.17) is 0 Å². The number of hydrogen-bond acceptors (Lipinski definition) is 3. The zero-order chi connectivity index (χ0) is 13.2. The van der Waals surface area contributed by atoms with Crippen LogP contribution in [0.25, 0.3) is 0 Å². The lowest BCUT2D eigenvalue weighted by atomic mass is 9.99. The molecule has 1 rings (SSSR count). The molecule has 92 valence electrons. The van der Waals surface area contributed by atoms with Crippen molar-refractivity contribution in [3.63, 3.8) is 0 Å². The Bertz CT molecular complexity index is 452. The average Bonchev–Trinajstić information content (AvgIpc) is 2.30. The topological polar surface area (TPSA) is 55.4 Å². The van der Waals surface area contributed by atoms with Gasteiger partial charge in [-0.1, -0.05) is 6.07 Å². The van der Waals surface area contributed by atoms with Crippen molar-refractivity contribution in [1.29, 1.82) is 0 Å². The first-order chi connectivity index (χ1) is 7.88. The summed E-state index contributed by atoms with van der Waals surface area (Å²) < 4.78 is 4.37. The monoisotopic (exact) mass is 235 g/mol. The van der Waals surface area contributed by atoms with Crippen molar-refractivity contribution in [3.8, 4) is 0 Å². The first-order valence-corrected chi connectivity index (χ1v) is 5.35. The number of nitrogens with one attached hydrogen (secondary N) is 1. The fourth-order valence-electron chi connectivity index (χ4n) is 1.66. The van der Waals surface area contributed by atoms with Gasteiger partial charge < -0.3 is 10.1 Å². The van der Waals surface area contributed by atoms with Crippen LogP contribution in [-0.4, -0.2) is 19.0 Å². The Morgan fingerprint density at radius 2 is 1.53 bits per heavy atom. The molecule has 0 atom stereocenters. The number of esters is 1. The SMILES string of the molecule is COC(=O)C(=O)Nc1c(C)c(C)cc(C)c1C. The van der Waals surface area contributed by atoms with Gasteiger partial charge in [-0.05, 0) is 49.9 Å². The standard InChI is InChI=1S/C13H17NO3/c1-7-6-8(2)10(4)11(9(7)3)14-12(15)13(16)17-5/h6H,1-5H3,(H,14,15). The molecular formula is C13H17NO3. The molecule has 0 unspecified atom stereocenters. The molecule has 0 bridgehead atoms. The van der Waals surface area contributed by atoms with Crippen molar-refractivity contribution < 1.29 is 14.3 Å². The number of amides is 1. The van der Waals surface area contributed by atoms with E-state index in [0.29, 0.717) is 5.69 Å². The first kappa shape index (κ1) is 13.2. The molecule has 1 aromatic rings. The van der Waals surface area contributed by atoms with Crippen molar-refractivity contribution in [3.05, 3.63) is 28.3 Å². The summed E-state index contributed by atoms with van der Waals surface area (Å²) in [6.07, 6.45) is 0. The molecule has 0 aliphatic rings. The zero-order valence-electron chi connectivity index (χ0n) is 10.8. The molecule has 4 heteroatoms. The number of carbonyl (C=O) groups is 2. The fourth-order valence-corrected chi connectivity index (χ4v) is 1.66. The van der Waals surface area contributed by atoms with Crippen LogP contribution in [0, 0.1) is 27.7 Å². The van der Waals surface area contributed by atoms with Crippen LogP contribution in [0.4, 0.5) is 5.69 Å². The van der Waals surface area contributed by atoms with Gasteiger partial charge in [0, 0.05) is 5.69 Å². The van der Waals surface area contributed by atoms with Gasteiger partial charge in [0.05, 0.1) is 7.11 Å². The van der Waals surface area contributed by atoms with E-state index in [-0.39, 0.29) is 0 Å². The van der Waals surface area contributed by atoms with E-state index in [9.17, 15) is 9.59 Å². The zero-order valence-corrected chi connectivity index (χ0v) is 10.8. The van der Waals surface area contributed by atoms with Gasteiger partial charge in [0.2, 0.25) is 0 Å². The summed E-state index contributed by atoms with van der Waals surface area (Å²) in [6.45, 7) is 7.76. The highest BCUT2D eigenvalue weighted by atomic mass is 16.5. The number of hydrogen-bond donors (Lipinski definition) is 1. The lowest BCUT2D eigenvalue weighted by molar-refractivity contribution is -0.150. The fraction of sp³-hybridized carbons (Fsp3) is 0.385. The summed E-state index contributed by atoms with van der Waals surface area (Å²) in [5.41, 5.74) is 4.77. The highest BCUT2D eigenvalue weighted by molar-refractivity contribution is 6.37. The van der Waals surface area contributed by atoms with E-state index in [0.717, 1.165) is 22.3 Å². The van der Waals surface area contributed by atoms with Gasteiger partial charge in [0.25, 0.3) is 0 Å². The van der Waals surface area contributed by atoms with E-state index in [1.54, 1.807) is 0 Å². The maximum absolute atomic E-state index is 11.5. The van der Waals surface area contributed by atoms with Gasteiger partial charge in [-0.3, -0.25) is 4.79 Å². The molecular weight excluding hydrogens is 218 g/mol. The number of rotatable bonds is 1. The van der Waals surface area contributed by atoms with Crippen molar-refractivity contribution in [2.24, 2.45) is 0 Å².